The minimum atomic E-state index is -1.05. The minimum absolute atomic E-state index is 0.200. The molecule has 1 aliphatic heterocycles. The topological polar surface area (TPSA) is 102 Å². The zero-order valence-electron chi connectivity index (χ0n) is 19.1. The second-order valence-corrected chi connectivity index (χ2v) is 8.58. The molecule has 1 aromatic heterocycles. The van der Waals surface area contributed by atoms with Crippen LogP contribution >= 0.6 is 11.6 Å². The van der Waals surface area contributed by atoms with Crippen LogP contribution in [0.5, 0.6) is 11.5 Å². The zero-order valence-corrected chi connectivity index (χ0v) is 19.8. The van der Waals surface area contributed by atoms with Crippen LogP contribution in [0, 0.1) is 13.8 Å². The van der Waals surface area contributed by atoms with Crippen LogP contribution in [0.15, 0.2) is 47.0 Å². The molecule has 4 rings (SSSR count). The molecular formula is C25H25ClN2O6. The van der Waals surface area contributed by atoms with Gasteiger partial charge in [0, 0.05) is 16.7 Å². The summed E-state index contributed by atoms with van der Waals surface area (Å²) in [6.45, 7) is 3.82. The second-order valence-electron chi connectivity index (χ2n) is 8.17. The van der Waals surface area contributed by atoms with Gasteiger partial charge in [-0.15, -0.1) is 0 Å². The Hall–Kier alpha value is -3.52. The number of aliphatic carboxylic acids is 1. The Balaban J connectivity index is 1.67. The van der Waals surface area contributed by atoms with E-state index in [0.717, 1.165) is 16.8 Å². The van der Waals surface area contributed by atoms with Gasteiger partial charge in [-0.2, -0.15) is 0 Å². The molecule has 0 radical (unpaired) electrons. The van der Waals surface area contributed by atoms with E-state index in [4.69, 9.17) is 25.6 Å². The van der Waals surface area contributed by atoms with Gasteiger partial charge in [-0.3, -0.25) is 4.79 Å². The number of hydrogen-bond donors (Lipinski definition) is 1. The smallest absolute Gasteiger partial charge is 0.326 e. The molecule has 0 spiro atoms. The van der Waals surface area contributed by atoms with E-state index in [2.05, 4.69) is 5.16 Å². The third kappa shape index (κ3) is 4.59. The summed E-state index contributed by atoms with van der Waals surface area (Å²) in [6, 6.07) is 10.6. The molecule has 34 heavy (non-hydrogen) atoms. The summed E-state index contributed by atoms with van der Waals surface area (Å²) < 4.78 is 16.5. The Morgan fingerprint density at radius 2 is 1.91 bits per heavy atom. The molecule has 2 aromatic carbocycles. The van der Waals surface area contributed by atoms with E-state index < -0.39 is 24.0 Å². The molecule has 0 unspecified atom stereocenters. The van der Waals surface area contributed by atoms with Gasteiger partial charge in [0.25, 0.3) is 5.91 Å². The Kier molecular flexibility index (Phi) is 6.79. The summed E-state index contributed by atoms with van der Waals surface area (Å²) in [7, 11) is 1.49. The van der Waals surface area contributed by atoms with Gasteiger partial charge in [0.1, 0.15) is 29.9 Å². The van der Waals surface area contributed by atoms with Gasteiger partial charge in [0.05, 0.1) is 24.4 Å². The number of aryl methyl sites for hydroxylation is 2. The Morgan fingerprint density at radius 3 is 2.56 bits per heavy atom. The maximum absolute atomic E-state index is 13.7. The highest BCUT2D eigenvalue weighted by molar-refractivity contribution is 6.31. The number of aromatic nitrogens is 1. The van der Waals surface area contributed by atoms with Gasteiger partial charge in [-0.05, 0) is 50.5 Å². The number of hydrogen-bond acceptors (Lipinski definition) is 6. The fourth-order valence-corrected chi connectivity index (χ4v) is 4.56. The maximum atomic E-state index is 13.7. The lowest BCUT2D eigenvalue weighted by atomic mass is 10.0. The van der Waals surface area contributed by atoms with Crippen molar-refractivity contribution < 1.29 is 28.7 Å². The molecule has 3 aromatic rings. The molecule has 0 bridgehead atoms. The highest BCUT2D eigenvalue weighted by Gasteiger charge is 2.42. The summed E-state index contributed by atoms with van der Waals surface area (Å²) >= 11 is 6.40. The van der Waals surface area contributed by atoms with Gasteiger partial charge in [0.15, 0.2) is 0 Å². The lowest BCUT2D eigenvalue weighted by Gasteiger charge is -2.29. The van der Waals surface area contributed by atoms with Crippen LogP contribution in [-0.4, -0.2) is 40.2 Å². The molecular weight excluding hydrogens is 460 g/mol. The number of amides is 1. The second kappa shape index (κ2) is 9.77. The highest BCUT2D eigenvalue weighted by Crippen LogP contribution is 2.40. The number of carbonyl (C=O) groups is 2. The quantitative estimate of drug-likeness (QED) is 0.505. The number of carbonyl (C=O) groups excluding carboxylic acids is 1. The van der Waals surface area contributed by atoms with Crippen molar-refractivity contribution in [2.75, 3.05) is 7.11 Å². The van der Waals surface area contributed by atoms with E-state index in [9.17, 15) is 14.7 Å². The van der Waals surface area contributed by atoms with Gasteiger partial charge in [-0.1, -0.05) is 35.0 Å². The van der Waals surface area contributed by atoms with E-state index in [-0.39, 0.29) is 12.2 Å². The summed E-state index contributed by atoms with van der Waals surface area (Å²) in [6.07, 6.45) is 0.822. The number of carboxylic acids is 1. The van der Waals surface area contributed by atoms with Crippen molar-refractivity contribution in [2.24, 2.45) is 0 Å². The van der Waals surface area contributed by atoms with Crippen molar-refractivity contribution >= 4 is 23.5 Å². The van der Waals surface area contributed by atoms with Crippen LogP contribution in [0.4, 0.5) is 0 Å². The number of ether oxygens (including phenoxy) is 2. The predicted octanol–water partition coefficient (Wildman–Crippen LogP) is 4.96. The van der Waals surface area contributed by atoms with Crippen molar-refractivity contribution in [3.8, 4) is 11.5 Å². The molecule has 9 heteroatoms. The first-order valence-electron chi connectivity index (χ1n) is 10.8. The summed E-state index contributed by atoms with van der Waals surface area (Å²) in [5.41, 5.74) is 2.53. The number of methoxy groups -OCH3 is 1. The number of likely N-dealkylation sites (tertiary alicyclic amines) is 1. The average Bonchev–Trinajstić information content (AvgIpc) is 3.40. The van der Waals surface area contributed by atoms with E-state index in [0.29, 0.717) is 35.1 Å². The average molecular weight is 485 g/mol. The molecule has 1 amide bonds. The van der Waals surface area contributed by atoms with Gasteiger partial charge in [-0.25, -0.2) is 4.79 Å². The first-order chi connectivity index (χ1) is 16.3. The first-order valence-corrected chi connectivity index (χ1v) is 11.2. The van der Waals surface area contributed by atoms with E-state index >= 15 is 0 Å². The molecule has 2 heterocycles. The fraction of sp³-hybridized carbons (Fsp3) is 0.320. The number of rotatable bonds is 7. The number of nitrogens with zero attached hydrogens (tertiary/aromatic N) is 2. The normalized spacial score (nSPS) is 17.6. The SMILES string of the molecule is COc1cc(OCc2c(C)noc2C)cc(C(=O)N2[C@@H](c3ccccc3Cl)CC[C@H]2C(=O)O)c1. The zero-order chi connectivity index (χ0) is 24.4. The molecule has 178 valence electrons. The van der Waals surface area contributed by atoms with E-state index in [1.165, 1.54) is 12.0 Å². The van der Waals surface area contributed by atoms with Crippen molar-refractivity contribution in [3.05, 3.63) is 75.6 Å². The first kappa shape index (κ1) is 23.6. The van der Waals surface area contributed by atoms with Crippen molar-refractivity contribution in [2.45, 2.75) is 45.4 Å². The summed E-state index contributed by atoms with van der Waals surface area (Å²) in [5.74, 6) is -0.0136. The Bertz CT molecular complexity index is 1200. The van der Waals surface area contributed by atoms with Crippen LogP contribution in [0.2, 0.25) is 5.02 Å². The fourth-order valence-electron chi connectivity index (χ4n) is 4.30. The van der Waals surface area contributed by atoms with E-state index in [1.54, 1.807) is 37.3 Å². The molecule has 1 saturated heterocycles. The monoisotopic (exact) mass is 484 g/mol. The molecule has 2 atom stereocenters. The molecule has 0 saturated carbocycles. The Labute approximate surface area is 202 Å². The van der Waals surface area contributed by atoms with Crippen molar-refractivity contribution in [1.82, 2.24) is 10.1 Å². The van der Waals surface area contributed by atoms with Gasteiger partial charge in [0.2, 0.25) is 0 Å². The molecule has 1 fully saturated rings. The van der Waals surface area contributed by atoms with Crippen molar-refractivity contribution in [3.63, 3.8) is 0 Å². The number of carboxylic acid groups (broad SMARTS) is 1. The molecule has 1 N–H and O–H groups in total. The van der Waals surface area contributed by atoms with Crippen LogP contribution in [0.3, 0.4) is 0 Å². The lowest BCUT2D eigenvalue weighted by Crippen LogP contribution is -2.41. The van der Waals surface area contributed by atoms with Crippen LogP contribution in [0.1, 0.15) is 51.8 Å². The standard InChI is InChI=1S/C25H25ClN2O6/c1-14-20(15(2)34-27-14)13-33-18-11-16(10-17(12-18)32-3)24(29)28-22(8-9-23(28)25(30)31)19-6-4-5-7-21(19)26/h4-7,10-12,22-23H,8-9,13H2,1-3H3,(H,30,31)/t22-,23+/m1/s1. The summed E-state index contributed by atoms with van der Waals surface area (Å²) in [4.78, 5) is 27.1. The minimum Gasteiger partial charge on any atom is -0.497 e. The van der Waals surface area contributed by atoms with Crippen LogP contribution in [-0.2, 0) is 11.4 Å². The van der Waals surface area contributed by atoms with Crippen LogP contribution in [0.25, 0.3) is 0 Å². The third-order valence-electron chi connectivity index (χ3n) is 6.10. The maximum Gasteiger partial charge on any atom is 0.326 e. The van der Waals surface area contributed by atoms with Crippen LogP contribution < -0.4 is 9.47 Å². The molecule has 0 aliphatic carbocycles. The largest absolute Gasteiger partial charge is 0.497 e. The third-order valence-corrected chi connectivity index (χ3v) is 6.44. The predicted molar refractivity (Wildman–Crippen MR) is 124 cm³/mol. The Morgan fingerprint density at radius 1 is 1.18 bits per heavy atom. The summed E-state index contributed by atoms with van der Waals surface area (Å²) in [5, 5.41) is 14.2. The highest BCUT2D eigenvalue weighted by atomic mass is 35.5. The van der Waals surface area contributed by atoms with E-state index in [1.807, 2.05) is 19.1 Å². The van der Waals surface area contributed by atoms with Crippen molar-refractivity contribution in [1.29, 1.82) is 0 Å². The number of halogens is 1. The lowest BCUT2D eigenvalue weighted by molar-refractivity contribution is -0.141. The molecule has 8 nitrogen and oxygen atoms in total. The molecule has 1 aliphatic rings. The van der Waals surface area contributed by atoms with Gasteiger partial charge < -0.3 is 24.0 Å². The van der Waals surface area contributed by atoms with Gasteiger partial charge >= 0.3 is 5.97 Å². The number of benzene rings is 2.